The van der Waals surface area contributed by atoms with Crippen LogP contribution >= 0.6 is 15.9 Å². The van der Waals surface area contributed by atoms with E-state index in [0.717, 1.165) is 21.3 Å². The highest BCUT2D eigenvalue weighted by Crippen LogP contribution is 2.24. The van der Waals surface area contributed by atoms with Gasteiger partial charge in [-0.05, 0) is 36.1 Å². The molecule has 0 radical (unpaired) electrons. The predicted octanol–water partition coefficient (Wildman–Crippen LogP) is 4.41. The summed E-state index contributed by atoms with van der Waals surface area (Å²) in [5.41, 5.74) is 5.55. The molecule has 0 saturated heterocycles. The summed E-state index contributed by atoms with van der Waals surface area (Å²) in [5.74, 6) is 0.842. The zero-order valence-corrected chi connectivity index (χ0v) is 15.6. The van der Waals surface area contributed by atoms with Gasteiger partial charge in [-0.15, -0.1) is 0 Å². The minimum Gasteiger partial charge on any atom is -0.483 e. The molecule has 0 aliphatic rings. The number of rotatable bonds is 6. The number of amides is 1. The number of nitrogens with one attached hydrogen (secondary N) is 1. The van der Waals surface area contributed by atoms with Crippen LogP contribution in [-0.4, -0.2) is 18.7 Å². The van der Waals surface area contributed by atoms with E-state index in [1.165, 1.54) is 5.56 Å². The van der Waals surface area contributed by atoms with Crippen LogP contribution in [0.3, 0.4) is 0 Å². The molecular weight excluding hydrogens is 368 g/mol. The van der Waals surface area contributed by atoms with Crippen molar-refractivity contribution in [1.82, 2.24) is 5.43 Å². The smallest absolute Gasteiger partial charge is 0.277 e. The Kier molecular flexibility index (Phi) is 6.55. The van der Waals surface area contributed by atoms with Gasteiger partial charge in [-0.2, -0.15) is 5.10 Å². The highest BCUT2D eigenvalue weighted by atomic mass is 79.9. The van der Waals surface area contributed by atoms with Crippen LogP contribution in [0.4, 0.5) is 0 Å². The second-order valence-corrected chi connectivity index (χ2v) is 6.64. The first-order valence-corrected chi connectivity index (χ1v) is 8.56. The van der Waals surface area contributed by atoms with Crippen molar-refractivity contribution in [2.45, 2.75) is 26.7 Å². The summed E-state index contributed by atoms with van der Waals surface area (Å²) in [6.07, 6.45) is 1.59. The third-order valence-electron chi connectivity index (χ3n) is 3.54. The molecule has 0 aliphatic carbocycles. The van der Waals surface area contributed by atoms with Crippen molar-refractivity contribution in [2.75, 3.05) is 6.61 Å². The van der Waals surface area contributed by atoms with Gasteiger partial charge < -0.3 is 4.74 Å². The average molecular weight is 389 g/mol. The van der Waals surface area contributed by atoms with Gasteiger partial charge in [0, 0.05) is 10.0 Å². The predicted molar refractivity (Wildman–Crippen MR) is 101 cm³/mol. The van der Waals surface area contributed by atoms with Crippen molar-refractivity contribution in [3.05, 3.63) is 63.6 Å². The molecule has 0 heterocycles. The van der Waals surface area contributed by atoms with E-state index in [1.807, 2.05) is 43.3 Å². The van der Waals surface area contributed by atoms with Crippen LogP contribution in [0.1, 0.15) is 36.5 Å². The van der Waals surface area contributed by atoms with Crippen LogP contribution in [-0.2, 0) is 4.79 Å². The molecule has 0 aliphatic heterocycles. The van der Waals surface area contributed by atoms with Crippen molar-refractivity contribution in [3.8, 4) is 5.75 Å². The number of hydrogen-bond acceptors (Lipinski definition) is 3. The number of hydrogen-bond donors (Lipinski definition) is 1. The minimum atomic E-state index is -0.298. The molecule has 4 nitrogen and oxygen atoms in total. The summed E-state index contributed by atoms with van der Waals surface area (Å²) >= 11 is 3.42. The molecule has 0 bridgehead atoms. The molecule has 5 heteroatoms. The third-order valence-corrected chi connectivity index (χ3v) is 4.26. The molecule has 0 aromatic heterocycles. The maximum absolute atomic E-state index is 11.9. The number of carbonyl (C=O) groups excluding carboxylic acids is 1. The quantitative estimate of drug-likeness (QED) is 0.588. The number of halogens is 1. The molecule has 24 heavy (non-hydrogen) atoms. The molecule has 1 N–H and O–H groups in total. The van der Waals surface area contributed by atoms with Crippen molar-refractivity contribution in [1.29, 1.82) is 0 Å². The van der Waals surface area contributed by atoms with E-state index in [1.54, 1.807) is 6.21 Å². The molecule has 0 fully saturated rings. The molecule has 0 unspecified atom stereocenters. The van der Waals surface area contributed by atoms with Gasteiger partial charge in [0.15, 0.2) is 6.61 Å². The molecule has 126 valence electrons. The monoisotopic (exact) mass is 388 g/mol. The fourth-order valence-corrected chi connectivity index (χ4v) is 2.45. The largest absolute Gasteiger partial charge is 0.483 e. The summed E-state index contributed by atoms with van der Waals surface area (Å²) in [7, 11) is 0. The summed E-state index contributed by atoms with van der Waals surface area (Å²) in [5, 5.41) is 3.95. The Morgan fingerprint density at radius 1 is 1.29 bits per heavy atom. The van der Waals surface area contributed by atoms with E-state index in [-0.39, 0.29) is 12.5 Å². The van der Waals surface area contributed by atoms with Gasteiger partial charge >= 0.3 is 0 Å². The molecule has 2 aromatic carbocycles. The number of carbonyl (C=O) groups is 1. The highest BCUT2D eigenvalue weighted by molar-refractivity contribution is 9.10. The normalized spacial score (nSPS) is 11.0. The second-order valence-electron chi connectivity index (χ2n) is 5.78. The molecule has 0 saturated carbocycles. The van der Waals surface area contributed by atoms with Gasteiger partial charge in [-0.3, -0.25) is 4.79 Å². The fraction of sp³-hybridized carbons (Fsp3) is 0.263. The lowest BCUT2D eigenvalue weighted by molar-refractivity contribution is -0.123. The van der Waals surface area contributed by atoms with Crippen molar-refractivity contribution in [2.24, 2.45) is 5.10 Å². The van der Waals surface area contributed by atoms with Gasteiger partial charge in [0.25, 0.3) is 5.91 Å². The Hall–Kier alpha value is -2.14. The lowest BCUT2D eigenvalue weighted by atomic mass is 10.0. The first-order valence-electron chi connectivity index (χ1n) is 7.77. The molecule has 2 rings (SSSR count). The number of nitrogens with zero attached hydrogens (tertiary/aromatic N) is 1. The van der Waals surface area contributed by atoms with Crippen LogP contribution in [0, 0.1) is 6.92 Å². The van der Waals surface area contributed by atoms with E-state index in [9.17, 15) is 4.79 Å². The van der Waals surface area contributed by atoms with Crippen molar-refractivity contribution < 1.29 is 9.53 Å². The van der Waals surface area contributed by atoms with Gasteiger partial charge in [0.05, 0.1) is 6.21 Å². The van der Waals surface area contributed by atoms with E-state index < -0.39 is 0 Å². The summed E-state index contributed by atoms with van der Waals surface area (Å²) in [4.78, 5) is 11.9. The Morgan fingerprint density at radius 3 is 2.75 bits per heavy atom. The van der Waals surface area contributed by atoms with Crippen molar-refractivity contribution >= 4 is 28.1 Å². The second kappa shape index (κ2) is 8.64. The molecule has 0 spiro atoms. The van der Waals surface area contributed by atoms with E-state index in [4.69, 9.17) is 4.74 Å². The summed E-state index contributed by atoms with van der Waals surface area (Å²) in [6.45, 7) is 6.13. The van der Waals surface area contributed by atoms with Crippen LogP contribution in [0.2, 0.25) is 0 Å². The standard InChI is InChI=1S/C19H21BrN2O2/c1-13(2)15-9-8-14(3)18(10-15)24-12-19(23)22-21-11-16-6-4-5-7-17(16)20/h4-11,13H,12H2,1-3H3,(H,22,23)/b21-11+. The van der Waals surface area contributed by atoms with Gasteiger partial charge in [-0.25, -0.2) is 5.43 Å². The lowest BCUT2D eigenvalue weighted by Gasteiger charge is -2.12. The highest BCUT2D eigenvalue weighted by Gasteiger charge is 2.07. The van der Waals surface area contributed by atoms with E-state index in [2.05, 4.69) is 46.4 Å². The number of aryl methyl sites for hydroxylation is 1. The fourth-order valence-electron chi connectivity index (χ4n) is 2.06. The lowest BCUT2D eigenvalue weighted by Crippen LogP contribution is -2.24. The Labute approximate surface area is 151 Å². The van der Waals surface area contributed by atoms with Crippen LogP contribution in [0.25, 0.3) is 0 Å². The zero-order valence-electron chi connectivity index (χ0n) is 14.0. The Morgan fingerprint density at radius 2 is 2.04 bits per heavy atom. The molecule has 2 aromatic rings. The Bertz CT molecular complexity index is 742. The number of ether oxygens (including phenoxy) is 1. The van der Waals surface area contributed by atoms with Crippen LogP contribution in [0.15, 0.2) is 52.0 Å². The van der Waals surface area contributed by atoms with Crippen LogP contribution < -0.4 is 10.2 Å². The first kappa shape index (κ1) is 18.2. The number of benzene rings is 2. The first-order chi connectivity index (χ1) is 11.5. The van der Waals surface area contributed by atoms with Crippen molar-refractivity contribution in [3.63, 3.8) is 0 Å². The maximum Gasteiger partial charge on any atom is 0.277 e. The molecular formula is C19H21BrN2O2. The van der Waals surface area contributed by atoms with Gasteiger partial charge in [0.2, 0.25) is 0 Å². The van der Waals surface area contributed by atoms with Gasteiger partial charge in [0.1, 0.15) is 5.75 Å². The average Bonchev–Trinajstić information content (AvgIpc) is 2.55. The maximum atomic E-state index is 11.9. The van der Waals surface area contributed by atoms with Crippen LogP contribution in [0.5, 0.6) is 5.75 Å². The minimum absolute atomic E-state index is 0.0737. The van der Waals surface area contributed by atoms with E-state index >= 15 is 0 Å². The molecule has 1 amide bonds. The molecule has 0 atom stereocenters. The van der Waals surface area contributed by atoms with Gasteiger partial charge in [-0.1, -0.05) is 60.1 Å². The van der Waals surface area contributed by atoms with E-state index in [0.29, 0.717) is 5.92 Å². The summed E-state index contributed by atoms with van der Waals surface area (Å²) in [6, 6.07) is 13.7. The summed E-state index contributed by atoms with van der Waals surface area (Å²) < 4.78 is 6.54. The topological polar surface area (TPSA) is 50.7 Å². The zero-order chi connectivity index (χ0) is 17.5. The SMILES string of the molecule is Cc1ccc(C(C)C)cc1OCC(=O)N/N=C/c1ccccc1Br. The third kappa shape index (κ3) is 5.20. The number of hydrazone groups is 1. The Balaban J connectivity index is 1.90.